The number of H-pyrrole nitrogens is 1. The SMILES string of the molecule is CN(C/C=C/c1ccccc1)c1c(N)n(Cc2ccccc2)c(=O)[nH]c1=O. The predicted octanol–water partition coefficient (Wildman–Crippen LogP) is 2.32. The third-order valence-corrected chi connectivity index (χ3v) is 4.27. The molecule has 6 nitrogen and oxygen atoms in total. The fraction of sp³-hybridized carbons (Fsp3) is 0.143. The molecule has 2 aromatic carbocycles. The van der Waals surface area contributed by atoms with Crippen molar-refractivity contribution >= 4 is 17.6 Å². The fourth-order valence-electron chi connectivity index (χ4n) is 2.87. The summed E-state index contributed by atoms with van der Waals surface area (Å²) < 4.78 is 1.38. The van der Waals surface area contributed by atoms with Gasteiger partial charge in [-0.05, 0) is 11.1 Å². The van der Waals surface area contributed by atoms with Crippen molar-refractivity contribution in [3.63, 3.8) is 0 Å². The molecular formula is C21H22N4O2. The van der Waals surface area contributed by atoms with Crippen molar-refractivity contribution in [1.82, 2.24) is 9.55 Å². The Hall–Kier alpha value is -3.54. The number of likely N-dealkylation sites (N-methyl/N-ethyl adjacent to an activating group) is 1. The first kappa shape index (κ1) is 18.3. The monoisotopic (exact) mass is 362 g/mol. The zero-order valence-corrected chi connectivity index (χ0v) is 15.1. The molecule has 0 saturated carbocycles. The smallest absolute Gasteiger partial charge is 0.330 e. The molecule has 1 heterocycles. The lowest BCUT2D eigenvalue weighted by atomic mass is 10.2. The second-order valence-electron chi connectivity index (χ2n) is 6.26. The standard InChI is InChI=1S/C21H22N4O2/c1-24(14-8-13-16-9-4-2-5-10-16)18-19(22)25(21(27)23-20(18)26)15-17-11-6-3-7-12-17/h2-13H,14-15,22H2,1H3,(H,23,26,27)/b13-8+. The summed E-state index contributed by atoms with van der Waals surface area (Å²) in [5.41, 5.74) is 7.47. The molecule has 0 saturated heterocycles. The van der Waals surface area contributed by atoms with E-state index in [-0.39, 0.29) is 11.5 Å². The number of benzene rings is 2. The van der Waals surface area contributed by atoms with Crippen LogP contribution in [0.3, 0.4) is 0 Å². The van der Waals surface area contributed by atoms with Crippen LogP contribution in [0.4, 0.5) is 11.5 Å². The number of nitrogens with two attached hydrogens (primary N) is 1. The minimum atomic E-state index is -0.515. The van der Waals surface area contributed by atoms with Crippen LogP contribution in [-0.4, -0.2) is 23.1 Å². The van der Waals surface area contributed by atoms with Crippen LogP contribution in [0.15, 0.2) is 76.3 Å². The van der Waals surface area contributed by atoms with Crippen molar-refractivity contribution in [2.45, 2.75) is 6.54 Å². The van der Waals surface area contributed by atoms with E-state index < -0.39 is 11.2 Å². The van der Waals surface area contributed by atoms with Gasteiger partial charge in [0, 0.05) is 13.6 Å². The lowest BCUT2D eigenvalue weighted by Crippen LogP contribution is -2.37. The maximum absolute atomic E-state index is 12.3. The topological polar surface area (TPSA) is 84.1 Å². The maximum Gasteiger partial charge on any atom is 0.330 e. The van der Waals surface area contributed by atoms with Crippen LogP contribution in [0.1, 0.15) is 11.1 Å². The van der Waals surface area contributed by atoms with Gasteiger partial charge in [-0.2, -0.15) is 0 Å². The normalized spacial score (nSPS) is 11.0. The van der Waals surface area contributed by atoms with E-state index in [9.17, 15) is 9.59 Å². The summed E-state index contributed by atoms with van der Waals surface area (Å²) in [4.78, 5) is 28.7. The molecule has 0 unspecified atom stereocenters. The molecule has 0 radical (unpaired) electrons. The van der Waals surface area contributed by atoms with Crippen LogP contribution in [-0.2, 0) is 6.54 Å². The van der Waals surface area contributed by atoms with Gasteiger partial charge in [-0.25, -0.2) is 4.79 Å². The van der Waals surface area contributed by atoms with Gasteiger partial charge in [-0.15, -0.1) is 0 Å². The number of hydrogen-bond acceptors (Lipinski definition) is 4. The molecular weight excluding hydrogens is 340 g/mol. The fourth-order valence-corrected chi connectivity index (χ4v) is 2.87. The molecule has 1 aromatic heterocycles. The third-order valence-electron chi connectivity index (χ3n) is 4.27. The van der Waals surface area contributed by atoms with Crippen molar-refractivity contribution in [3.8, 4) is 0 Å². The molecule has 27 heavy (non-hydrogen) atoms. The maximum atomic E-state index is 12.3. The number of hydrogen-bond donors (Lipinski definition) is 2. The molecule has 0 atom stereocenters. The van der Waals surface area contributed by atoms with Crippen molar-refractivity contribution in [2.24, 2.45) is 0 Å². The number of nitrogen functional groups attached to an aromatic ring is 1. The predicted molar refractivity (Wildman–Crippen MR) is 110 cm³/mol. The second-order valence-corrected chi connectivity index (χ2v) is 6.26. The van der Waals surface area contributed by atoms with E-state index in [1.165, 1.54) is 4.57 Å². The largest absolute Gasteiger partial charge is 0.383 e. The molecule has 3 aromatic rings. The first-order valence-corrected chi connectivity index (χ1v) is 8.65. The number of aromatic amines is 1. The average molecular weight is 362 g/mol. The highest BCUT2D eigenvalue weighted by atomic mass is 16.2. The van der Waals surface area contributed by atoms with Gasteiger partial charge in [0.1, 0.15) is 11.5 Å². The molecule has 0 bridgehead atoms. The van der Waals surface area contributed by atoms with Gasteiger partial charge in [0.25, 0.3) is 5.56 Å². The Bertz CT molecular complexity index is 1040. The number of aromatic nitrogens is 2. The van der Waals surface area contributed by atoms with E-state index in [1.807, 2.05) is 72.8 Å². The number of nitrogens with one attached hydrogen (secondary N) is 1. The van der Waals surface area contributed by atoms with Gasteiger partial charge >= 0.3 is 5.69 Å². The summed E-state index contributed by atoms with van der Waals surface area (Å²) in [6.07, 6.45) is 3.92. The number of rotatable bonds is 6. The summed E-state index contributed by atoms with van der Waals surface area (Å²) in [6.45, 7) is 0.773. The van der Waals surface area contributed by atoms with Crippen LogP contribution >= 0.6 is 0 Å². The summed E-state index contributed by atoms with van der Waals surface area (Å²) in [6, 6.07) is 19.4. The lowest BCUT2D eigenvalue weighted by Gasteiger charge is -2.20. The van der Waals surface area contributed by atoms with E-state index in [1.54, 1.807) is 11.9 Å². The molecule has 6 heteroatoms. The average Bonchev–Trinajstić information content (AvgIpc) is 2.67. The van der Waals surface area contributed by atoms with Gasteiger partial charge in [-0.3, -0.25) is 14.3 Å². The molecule has 3 rings (SSSR count). The quantitative estimate of drug-likeness (QED) is 0.705. The Kier molecular flexibility index (Phi) is 5.56. The third kappa shape index (κ3) is 4.36. The Morgan fingerprint density at radius 1 is 1.04 bits per heavy atom. The molecule has 3 N–H and O–H groups in total. The van der Waals surface area contributed by atoms with Crippen molar-refractivity contribution in [3.05, 3.63) is 98.7 Å². The van der Waals surface area contributed by atoms with Crippen molar-refractivity contribution in [2.75, 3.05) is 24.2 Å². The summed E-state index contributed by atoms with van der Waals surface area (Å²) in [5.74, 6) is 0.156. The van der Waals surface area contributed by atoms with Crippen molar-refractivity contribution in [1.29, 1.82) is 0 Å². The van der Waals surface area contributed by atoms with E-state index in [2.05, 4.69) is 4.98 Å². The molecule has 0 fully saturated rings. The molecule has 0 amide bonds. The highest BCUT2D eigenvalue weighted by Gasteiger charge is 2.15. The molecule has 0 aliphatic heterocycles. The Morgan fingerprint density at radius 2 is 1.67 bits per heavy atom. The minimum Gasteiger partial charge on any atom is -0.383 e. The van der Waals surface area contributed by atoms with E-state index in [0.717, 1.165) is 11.1 Å². The number of nitrogens with zero attached hydrogens (tertiary/aromatic N) is 2. The first-order valence-electron chi connectivity index (χ1n) is 8.65. The zero-order valence-electron chi connectivity index (χ0n) is 15.1. The van der Waals surface area contributed by atoms with Crippen LogP contribution in [0.2, 0.25) is 0 Å². The van der Waals surface area contributed by atoms with E-state index in [0.29, 0.717) is 13.1 Å². The van der Waals surface area contributed by atoms with Gasteiger partial charge in [0.2, 0.25) is 0 Å². The highest BCUT2D eigenvalue weighted by Crippen LogP contribution is 2.16. The van der Waals surface area contributed by atoms with Gasteiger partial charge in [0.15, 0.2) is 0 Å². The van der Waals surface area contributed by atoms with E-state index in [4.69, 9.17) is 5.73 Å². The molecule has 0 aliphatic rings. The first-order chi connectivity index (χ1) is 13.1. The Morgan fingerprint density at radius 3 is 2.33 bits per heavy atom. The highest BCUT2D eigenvalue weighted by molar-refractivity contribution is 5.63. The lowest BCUT2D eigenvalue weighted by molar-refractivity contribution is 0.728. The van der Waals surface area contributed by atoms with E-state index >= 15 is 0 Å². The summed E-state index contributed by atoms with van der Waals surface area (Å²) >= 11 is 0. The summed E-state index contributed by atoms with van der Waals surface area (Å²) in [7, 11) is 1.77. The van der Waals surface area contributed by atoms with Crippen LogP contribution in [0, 0.1) is 0 Å². The Balaban J connectivity index is 1.86. The summed E-state index contributed by atoms with van der Waals surface area (Å²) in [5, 5.41) is 0. The van der Waals surface area contributed by atoms with Gasteiger partial charge in [0.05, 0.1) is 6.54 Å². The molecule has 0 spiro atoms. The van der Waals surface area contributed by atoms with Crippen LogP contribution in [0.5, 0.6) is 0 Å². The van der Waals surface area contributed by atoms with Crippen molar-refractivity contribution < 1.29 is 0 Å². The van der Waals surface area contributed by atoms with Crippen LogP contribution in [0.25, 0.3) is 6.08 Å². The van der Waals surface area contributed by atoms with Crippen LogP contribution < -0.4 is 21.9 Å². The number of anilines is 2. The zero-order chi connectivity index (χ0) is 19.2. The second kappa shape index (κ2) is 8.23. The van der Waals surface area contributed by atoms with Gasteiger partial charge < -0.3 is 10.6 Å². The van der Waals surface area contributed by atoms with Gasteiger partial charge in [-0.1, -0.05) is 72.8 Å². The minimum absolute atomic E-state index is 0.156. The Labute approximate surface area is 157 Å². The molecule has 0 aliphatic carbocycles. The molecule has 138 valence electrons.